The minimum absolute atomic E-state index is 0. The second-order valence-corrected chi connectivity index (χ2v) is 6.46. The first-order valence-electron chi connectivity index (χ1n) is 9.17. The van der Waals surface area contributed by atoms with Crippen LogP contribution in [0.1, 0.15) is 93.5 Å². The van der Waals surface area contributed by atoms with E-state index in [-0.39, 0.29) is 40.9 Å². The summed E-state index contributed by atoms with van der Waals surface area (Å²) in [5.41, 5.74) is 0.960. The second kappa shape index (κ2) is 14.8. The van der Waals surface area contributed by atoms with Gasteiger partial charge in [-0.3, -0.25) is 0 Å². The van der Waals surface area contributed by atoms with Gasteiger partial charge >= 0.3 is 35.5 Å². The largest absolute Gasteiger partial charge is 1.00 e. The fourth-order valence-corrected chi connectivity index (χ4v) is 2.92. The van der Waals surface area contributed by atoms with Crippen LogP contribution in [0.25, 0.3) is 0 Å². The molecule has 0 radical (unpaired) electrons. The van der Waals surface area contributed by atoms with Gasteiger partial charge in [0.25, 0.3) is 0 Å². The van der Waals surface area contributed by atoms with Gasteiger partial charge in [0.1, 0.15) is 0 Å². The first kappa shape index (κ1) is 23.5. The number of rotatable bonds is 13. The molecule has 24 heavy (non-hydrogen) atoms. The molecule has 130 valence electrons. The zero-order valence-corrected chi connectivity index (χ0v) is 17.5. The number of aryl methyl sites for hydroxylation is 1. The third-order valence-corrected chi connectivity index (χ3v) is 4.28. The van der Waals surface area contributed by atoms with Gasteiger partial charge in [-0.2, -0.15) is 0 Å². The minimum atomic E-state index is -1.03. The molecule has 0 aliphatic heterocycles. The molecule has 1 aromatic rings. The van der Waals surface area contributed by atoms with Gasteiger partial charge in [-0.05, 0) is 24.5 Å². The Morgan fingerprint density at radius 3 is 1.88 bits per heavy atom. The zero-order chi connectivity index (χ0) is 16.9. The van der Waals surface area contributed by atoms with Crippen molar-refractivity contribution in [1.29, 1.82) is 0 Å². The van der Waals surface area contributed by atoms with Crippen LogP contribution in [0.2, 0.25) is 0 Å². The van der Waals surface area contributed by atoms with Crippen LogP contribution in [0.3, 0.4) is 0 Å². The van der Waals surface area contributed by atoms with E-state index in [1.165, 1.54) is 63.9 Å². The molecule has 0 amide bonds. The molecule has 0 aliphatic rings. The van der Waals surface area contributed by atoms with Gasteiger partial charge in [-0.25, -0.2) is 4.79 Å². The van der Waals surface area contributed by atoms with Gasteiger partial charge in [0.15, 0.2) is 0 Å². The van der Waals surface area contributed by atoms with E-state index in [4.69, 9.17) is 5.11 Å². The van der Waals surface area contributed by atoms with Gasteiger partial charge in [0, 0.05) is 0 Å². The number of hydrogen-bond acceptors (Lipinski definition) is 2. The quantitative estimate of drug-likeness (QED) is 0.442. The smallest absolute Gasteiger partial charge is 0.872 e. The van der Waals surface area contributed by atoms with Gasteiger partial charge in [0.05, 0.1) is 5.56 Å². The van der Waals surface area contributed by atoms with Crippen LogP contribution < -0.4 is 34.7 Å². The second-order valence-electron chi connectivity index (χ2n) is 6.46. The van der Waals surface area contributed by atoms with Crippen molar-refractivity contribution in [2.75, 3.05) is 0 Å². The standard InChI is InChI=1S/C20H32O3.Na/c1-2-3-4-5-6-7-8-9-10-11-12-13-17-14-18(20(22)23)16-19(21)15-17;/h14-16,21H,2-13H2,1H3,(H,22,23);/q;+1/p-1. The summed E-state index contributed by atoms with van der Waals surface area (Å²) in [7, 11) is 0. The third kappa shape index (κ3) is 11.1. The SMILES string of the molecule is CCCCCCCCCCCCCc1cc([O-])cc(C(=O)O)c1.[Na+]. The van der Waals surface area contributed by atoms with Crippen LogP contribution in [0, 0.1) is 0 Å². The molecule has 0 spiro atoms. The Morgan fingerprint density at radius 1 is 0.875 bits per heavy atom. The average molecular weight is 342 g/mol. The molecule has 0 fully saturated rings. The van der Waals surface area contributed by atoms with Crippen molar-refractivity contribution in [2.24, 2.45) is 0 Å². The van der Waals surface area contributed by atoms with Crippen molar-refractivity contribution in [1.82, 2.24) is 0 Å². The Bertz CT molecular complexity index is 460. The van der Waals surface area contributed by atoms with Crippen LogP contribution >= 0.6 is 0 Å². The number of hydrogen-bond donors (Lipinski definition) is 1. The number of carboxylic acids is 1. The number of unbranched alkanes of at least 4 members (excludes halogenated alkanes) is 10. The molecule has 0 aromatic heterocycles. The maximum atomic E-state index is 11.5. The summed E-state index contributed by atoms with van der Waals surface area (Å²) in [4.78, 5) is 10.9. The Kier molecular flexibility index (Phi) is 14.5. The van der Waals surface area contributed by atoms with Crippen molar-refractivity contribution in [2.45, 2.75) is 84.0 Å². The van der Waals surface area contributed by atoms with E-state index < -0.39 is 5.97 Å². The predicted octanol–water partition coefficient (Wildman–Crippen LogP) is 2.32. The van der Waals surface area contributed by atoms with Gasteiger partial charge in [-0.1, -0.05) is 83.3 Å². The van der Waals surface area contributed by atoms with Crippen molar-refractivity contribution >= 4 is 5.97 Å². The van der Waals surface area contributed by atoms with E-state index in [0.29, 0.717) is 0 Å². The van der Waals surface area contributed by atoms with E-state index in [2.05, 4.69) is 6.92 Å². The summed E-state index contributed by atoms with van der Waals surface area (Å²) in [5.74, 6) is -1.23. The molecule has 0 saturated heterocycles. The van der Waals surface area contributed by atoms with Crippen LogP contribution in [0.5, 0.6) is 5.75 Å². The van der Waals surface area contributed by atoms with Crippen LogP contribution in [-0.4, -0.2) is 11.1 Å². The van der Waals surface area contributed by atoms with E-state index in [1.807, 2.05) is 0 Å². The van der Waals surface area contributed by atoms with Gasteiger partial charge < -0.3 is 10.2 Å². The Morgan fingerprint density at radius 2 is 1.38 bits per heavy atom. The van der Waals surface area contributed by atoms with Gasteiger partial charge in [-0.15, -0.1) is 5.75 Å². The number of carboxylic acid groups (broad SMARTS) is 1. The van der Waals surface area contributed by atoms with Crippen LogP contribution in [-0.2, 0) is 6.42 Å². The molecule has 1 rings (SSSR count). The molecule has 0 atom stereocenters. The summed E-state index contributed by atoms with van der Waals surface area (Å²) >= 11 is 0. The van der Waals surface area contributed by atoms with E-state index in [9.17, 15) is 9.90 Å². The van der Waals surface area contributed by atoms with E-state index in [1.54, 1.807) is 12.1 Å². The first-order chi connectivity index (χ1) is 11.1. The van der Waals surface area contributed by atoms with Gasteiger partial charge in [0.2, 0.25) is 0 Å². The number of benzene rings is 1. The molecule has 3 nitrogen and oxygen atoms in total. The van der Waals surface area contributed by atoms with E-state index >= 15 is 0 Å². The van der Waals surface area contributed by atoms with Crippen molar-refractivity contribution in [3.05, 3.63) is 29.3 Å². The molecule has 0 unspecified atom stereocenters. The molecule has 0 heterocycles. The fourth-order valence-electron chi connectivity index (χ4n) is 2.92. The normalized spacial score (nSPS) is 10.4. The predicted molar refractivity (Wildman–Crippen MR) is 93.0 cm³/mol. The Balaban J connectivity index is 0.00000529. The third-order valence-electron chi connectivity index (χ3n) is 4.28. The molecular formula is C20H31NaO3. The first-order valence-corrected chi connectivity index (χ1v) is 9.17. The molecule has 0 saturated carbocycles. The molecule has 1 N–H and O–H groups in total. The minimum Gasteiger partial charge on any atom is -0.872 e. The Hall–Kier alpha value is -0.510. The summed E-state index contributed by atoms with van der Waals surface area (Å²) in [6.45, 7) is 2.25. The molecule has 1 aromatic carbocycles. The zero-order valence-electron chi connectivity index (χ0n) is 15.5. The summed E-state index contributed by atoms with van der Waals surface area (Å²) in [5, 5.41) is 20.4. The van der Waals surface area contributed by atoms with Crippen molar-refractivity contribution < 1.29 is 44.6 Å². The monoisotopic (exact) mass is 342 g/mol. The van der Waals surface area contributed by atoms with E-state index in [0.717, 1.165) is 24.8 Å². The topological polar surface area (TPSA) is 60.4 Å². The van der Waals surface area contributed by atoms with Crippen molar-refractivity contribution in [3.63, 3.8) is 0 Å². The molecule has 4 heteroatoms. The average Bonchev–Trinajstić information content (AvgIpc) is 2.52. The summed E-state index contributed by atoms with van der Waals surface area (Å²) in [6, 6.07) is 4.37. The maximum absolute atomic E-state index is 11.5. The van der Waals surface area contributed by atoms with Crippen molar-refractivity contribution in [3.8, 4) is 5.75 Å². The number of carbonyl (C=O) groups is 1. The molecule has 0 aliphatic carbocycles. The molecular weight excluding hydrogens is 311 g/mol. The van der Waals surface area contributed by atoms with Crippen LogP contribution in [0.4, 0.5) is 0 Å². The number of aromatic carboxylic acids is 1. The fraction of sp³-hybridized carbons (Fsp3) is 0.650. The Labute approximate surface area is 169 Å². The van der Waals surface area contributed by atoms with Crippen LogP contribution in [0.15, 0.2) is 18.2 Å². The molecule has 0 bridgehead atoms. The summed E-state index contributed by atoms with van der Waals surface area (Å²) < 4.78 is 0. The summed E-state index contributed by atoms with van der Waals surface area (Å²) in [6.07, 6.45) is 15.0. The maximum Gasteiger partial charge on any atom is 1.00 e.